The predicted molar refractivity (Wildman–Crippen MR) is 89.8 cm³/mol. The zero-order chi connectivity index (χ0) is 16.2. The van der Waals surface area contributed by atoms with Crippen molar-refractivity contribution in [3.05, 3.63) is 65.5 Å². The van der Waals surface area contributed by atoms with Crippen molar-refractivity contribution in [2.24, 2.45) is 0 Å². The van der Waals surface area contributed by atoms with Gasteiger partial charge < -0.3 is 10.2 Å². The van der Waals surface area contributed by atoms with Gasteiger partial charge >= 0.3 is 0 Å². The van der Waals surface area contributed by atoms with Gasteiger partial charge in [0.15, 0.2) is 0 Å². The standard InChI is InChI=1S/C19H21FN2O/c1-14-10-11-15-6-3-5-9-18(15)22(14)13-19(23)21-12-16-7-2-4-8-17(16)20/h2-9,14H,10-13H2,1H3,(H,21,23)/t14-/m1/s1. The van der Waals surface area contributed by atoms with Crippen LogP contribution in [0, 0.1) is 5.82 Å². The minimum atomic E-state index is -0.288. The van der Waals surface area contributed by atoms with Crippen LogP contribution in [0.1, 0.15) is 24.5 Å². The third-order valence-corrected chi connectivity index (χ3v) is 4.41. The fraction of sp³-hybridized carbons (Fsp3) is 0.316. The summed E-state index contributed by atoms with van der Waals surface area (Å²) in [6.07, 6.45) is 2.09. The van der Waals surface area contributed by atoms with Crippen molar-refractivity contribution >= 4 is 11.6 Å². The molecule has 0 spiro atoms. The fourth-order valence-corrected chi connectivity index (χ4v) is 3.05. The van der Waals surface area contributed by atoms with Gasteiger partial charge in [-0.15, -0.1) is 0 Å². The summed E-state index contributed by atoms with van der Waals surface area (Å²) in [7, 11) is 0. The maximum absolute atomic E-state index is 13.6. The molecule has 4 heteroatoms. The fourth-order valence-electron chi connectivity index (χ4n) is 3.05. The SMILES string of the molecule is C[C@@H]1CCc2ccccc2N1CC(=O)NCc1ccccc1F. The zero-order valence-corrected chi connectivity index (χ0v) is 13.3. The Morgan fingerprint density at radius 3 is 2.78 bits per heavy atom. The van der Waals surface area contributed by atoms with Crippen LogP contribution in [0.2, 0.25) is 0 Å². The van der Waals surface area contributed by atoms with E-state index in [-0.39, 0.29) is 18.3 Å². The Bertz CT molecular complexity index is 701. The van der Waals surface area contributed by atoms with Gasteiger partial charge in [0.05, 0.1) is 6.54 Å². The normalized spacial score (nSPS) is 16.8. The minimum Gasteiger partial charge on any atom is -0.359 e. The maximum Gasteiger partial charge on any atom is 0.239 e. The van der Waals surface area contributed by atoms with Crippen LogP contribution in [0.15, 0.2) is 48.5 Å². The molecule has 0 unspecified atom stereocenters. The first-order valence-electron chi connectivity index (χ1n) is 8.00. The second-order valence-corrected chi connectivity index (χ2v) is 6.01. The van der Waals surface area contributed by atoms with Gasteiger partial charge in [-0.2, -0.15) is 0 Å². The summed E-state index contributed by atoms with van der Waals surface area (Å²) in [5.74, 6) is -0.374. The van der Waals surface area contributed by atoms with Crippen LogP contribution < -0.4 is 10.2 Å². The van der Waals surface area contributed by atoms with Crippen molar-refractivity contribution < 1.29 is 9.18 Å². The largest absolute Gasteiger partial charge is 0.359 e. The first-order chi connectivity index (χ1) is 11.1. The van der Waals surface area contributed by atoms with E-state index in [0.717, 1.165) is 18.5 Å². The number of hydrogen-bond acceptors (Lipinski definition) is 2. The van der Waals surface area contributed by atoms with E-state index < -0.39 is 0 Å². The molecule has 1 N–H and O–H groups in total. The number of para-hydroxylation sites is 1. The molecule has 0 radical (unpaired) electrons. The number of nitrogens with one attached hydrogen (secondary N) is 1. The molecule has 3 nitrogen and oxygen atoms in total. The van der Waals surface area contributed by atoms with Crippen molar-refractivity contribution in [2.75, 3.05) is 11.4 Å². The Balaban J connectivity index is 1.65. The van der Waals surface area contributed by atoms with E-state index in [1.54, 1.807) is 18.2 Å². The van der Waals surface area contributed by atoms with Crippen LogP contribution in [-0.4, -0.2) is 18.5 Å². The average Bonchev–Trinajstić information content (AvgIpc) is 2.57. The molecule has 0 saturated carbocycles. The molecular formula is C19H21FN2O. The van der Waals surface area contributed by atoms with Gasteiger partial charge in [-0.3, -0.25) is 4.79 Å². The summed E-state index contributed by atoms with van der Waals surface area (Å²) in [6.45, 7) is 2.65. The first-order valence-corrected chi connectivity index (χ1v) is 8.00. The quantitative estimate of drug-likeness (QED) is 0.939. The molecule has 2 aromatic carbocycles. The van der Waals surface area contributed by atoms with Crippen LogP contribution in [-0.2, 0) is 17.8 Å². The van der Waals surface area contributed by atoms with E-state index in [4.69, 9.17) is 0 Å². The minimum absolute atomic E-state index is 0.0863. The lowest BCUT2D eigenvalue weighted by atomic mass is 9.96. The van der Waals surface area contributed by atoms with Gasteiger partial charge in [0.2, 0.25) is 5.91 Å². The van der Waals surface area contributed by atoms with Gasteiger partial charge in [-0.25, -0.2) is 4.39 Å². The Labute approximate surface area is 136 Å². The average molecular weight is 312 g/mol. The Kier molecular flexibility index (Phi) is 4.60. The maximum atomic E-state index is 13.6. The Morgan fingerprint density at radius 1 is 1.22 bits per heavy atom. The van der Waals surface area contributed by atoms with E-state index in [9.17, 15) is 9.18 Å². The number of carbonyl (C=O) groups excluding carboxylic acids is 1. The Hall–Kier alpha value is -2.36. The summed E-state index contributed by atoms with van der Waals surface area (Å²) in [6, 6.07) is 15.1. The van der Waals surface area contributed by atoms with Crippen LogP contribution in [0.4, 0.5) is 10.1 Å². The van der Waals surface area contributed by atoms with Crippen molar-refractivity contribution in [3.63, 3.8) is 0 Å². The molecule has 1 heterocycles. The highest BCUT2D eigenvalue weighted by Crippen LogP contribution is 2.29. The topological polar surface area (TPSA) is 32.3 Å². The molecule has 0 aliphatic carbocycles. The number of halogens is 1. The van der Waals surface area contributed by atoms with Gasteiger partial charge in [-0.1, -0.05) is 36.4 Å². The zero-order valence-electron chi connectivity index (χ0n) is 13.3. The number of fused-ring (bicyclic) bond motifs is 1. The highest BCUT2D eigenvalue weighted by molar-refractivity contribution is 5.82. The van der Waals surface area contributed by atoms with E-state index in [2.05, 4.69) is 29.3 Å². The summed E-state index contributed by atoms with van der Waals surface area (Å²) in [5, 5.41) is 2.82. The van der Waals surface area contributed by atoms with Gasteiger partial charge in [0.1, 0.15) is 5.82 Å². The van der Waals surface area contributed by atoms with E-state index in [0.29, 0.717) is 18.2 Å². The lowest BCUT2D eigenvalue weighted by molar-refractivity contribution is -0.120. The number of anilines is 1. The van der Waals surface area contributed by atoms with Crippen LogP contribution in [0.5, 0.6) is 0 Å². The highest BCUT2D eigenvalue weighted by atomic mass is 19.1. The molecule has 23 heavy (non-hydrogen) atoms. The number of aryl methyl sites for hydroxylation is 1. The van der Waals surface area contributed by atoms with Crippen molar-refractivity contribution in [2.45, 2.75) is 32.4 Å². The van der Waals surface area contributed by atoms with E-state index in [1.807, 2.05) is 12.1 Å². The number of nitrogens with zero attached hydrogens (tertiary/aromatic N) is 1. The first kappa shape index (κ1) is 15.5. The molecule has 0 bridgehead atoms. The molecule has 3 rings (SSSR count). The molecule has 1 amide bonds. The van der Waals surface area contributed by atoms with Crippen molar-refractivity contribution in [1.82, 2.24) is 5.32 Å². The molecule has 0 fully saturated rings. The molecule has 120 valence electrons. The third-order valence-electron chi connectivity index (χ3n) is 4.41. The number of carbonyl (C=O) groups is 1. The van der Waals surface area contributed by atoms with Crippen LogP contribution in [0.25, 0.3) is 0 Å². The van der Waals surface area contributed by atoms with Crippen LogP contribution >= 0.6 is 0 Å². The third kappa shape index (κ3) is 3.52. The Morgan fingerprint density at radius 2 is 1.96 bits per heavy atom. The van der Waals surface area contributed by atoms with E-state index in [1.165, 1.54) is 11.6 Å². The van der Waals surface area contributed by atoms with E-state index >= 15 is 0 Å². The molecule has 1 atom stereocenters. The molecular weight excluding hydrogens is 291 g/mol. The summed E-state index contributed by atoms with van der Waals surface area (Å²) < 4.78 is 13.6. The number of rotatable bonds is 4. The smallest absolute Gasteiger partial charge is 0.239 e. The lowest BCUT2D eigenvalue weighted by Gasteiger charge is -2.36. The van der Waals surface area contributed by atoms with Crippen molar-refractivity contribution in [3.8, 4) is 0 Å². The molecule has 0 aromatic heterocycles. The number of hydrogen-bond donors (Lipinski definition) is 1. The highest BCUT2D eigenvalue weighted by Gasteiger charge is 2.24. The second kappa shape index (κ2) is 6.82. The monoisotopic (exact) mass is 312 g/mol. The van der Waals surface area contributed by atoms with Crippen molar-refractivity contribution in [1.29, 1.82) is 0 Å². The molecule has 1 aliphatic rings. The molecule has 1 aliphatic heterocycles. The summed E-state index contributed by atoms with van der Waals surface area (Å²) in [4.78, 5) is 14.4. The molecule has 2 aromatic rings. The summed E-state index contributed by atoms with van der Waals surface area (Å²) in [5.41, 5.74) is 2.92. The predicted octanol–water partition coefficient (Wildman–Crippen LogP) is 3.28. The van der Waals surface area contributed by atoms with Crippen LogP contribution in [0.3, 0.4) is 0 Å². The summed E-state index contributed by atoms with van der Waals surface area (Å²) >= 11 is 0. The van der Waals surface area contributed by atoms with Gasteiger partial charge in [0.25, 0.3) is 0 Å². The number of benzene rings is 2. The van der Waals surface area contributed by atoms with Gasteiger partial charge in [-0.05, 0) is 37.5 Å². The van der Waals surface area contributed by atoms with Gasteiger partial charge in [0, 0.05) is 23.8 Å². The molecule has 0 saturated heterocycles. The number of amides is 1. The lowest BCUT2D eigenvalue weighted by Crippen LogP contribution is -2.44. The second-order valence-electron chi connectivity index (χ2n) is 6.01.